The van der Waals surface area contributed by atoms with Crippen LogP contribution in [0.5, 0.6) is 0 Å². The maximum atomic E-state index is 12.0. The minimum absolute atomic E-state index is 0.195. The summed E-state index contributed by atoms with van der Waals surface area (Å²) in [4.78, 5) is 13.1. The molecule has 0 bridgehead atoms. The molecule has 5 heteroatoms. The van der Waals surface area contributed by atoms with Crippen LogP contribution in [0.15, 0.2) is 33.6 Å². The second-order valence-electron chi connectivity index (χ2n) is 4.96. The van der Waals surface area contributed by atoms with Crippen LogP contribution < -0.4 is 5.32 Å². The van der Waals surface area contributed by atoms with Gasteiger partial charge in [0.1, 0.15) is 5.54 Å². The number of benzene rings is 1. The number of rotatable bonds is 6. The maximum absolute atomic E-state index is 12.0. The van der Waals surface area contributed by atoms with Gasteiger partial charge in [-0.25, -0.2) is 0 Å². The van der Waals surface area contributed by atoms with E-state index in [9.17, 15) is 4.79 Å². The molecule has 1 fully saturated rings. The van der Waals surface area contributed by atoms with Crippen LogP contribution in [0.25, 0.3) is 0 Å². The second kappa shape index (κ2) is 6.29. The van der Waals surface area contributed by atoms with E-state index < -0.39 is 5.54 Å². The third-order valence-corrected chi connectivity index (χ3v) is 5.43. The van der Waals surface area contributed by atoms with Gasteiger partial charge in [0.15, 0.2) is 0 Å². The summed E-state index contributed by atoms with van der Waals surface area (Å²) in [6, 6.07) is 8.49. The van der Waals surface area contributed by atoms with E-state index in [4.69, 9.17) is 4.74 Å². The third kappa shape index (κ3) is 3.97. The summed E-state index contributed by atoms with van der Waals surface area (Å²) in [6.45, 7) is 1.92. The van der Waals surface area contributed by atoms with E-state index in [-0.39, 0.29) is 5.97 Å². The number of hydrogen-bond donors (Lipinski definition) is 1. The molecule has 2 rings (SSSR count). The van der Waals surface area contributed by atoms with E-state index in [2.05, 4.69) is 21.2 Å². The van der Waals surface area contributed by atoms with Gasteiger partial charge in [0, 0.05) is 21.2 Å². The normalized spacial score (nSPS) is 17.8. The Bertz CT molecular complexity index is 465. The van der Waals surface area contributed by atoms with Gasteiger partial charge in [0.2, 0.25) is 0 Å². The highest BCUT2D eigenvalue weighted by Gasteiger charge is 2.39. The summed E-state index contributed by atoms with van der Waals surface area (Å²) in [5.41, 5.74) is -0.629. The fourth-order valence-corrected chi connectivity index (χ4v) is 3.50. The number of hydrogen-bond acceptors (Lipinski definition) is 4. The lowest BCUT2D eigenvalue weighted by molar-refractivity contribution is -0.146. The summed E-state index contributed by atoms with van der Waals surface area (Å²) >= 11 is 5.18. The Balaban J connectivity index is 2.03. The van der Waals surface area contributed by atoms with Crippen LogP contribution in [0.2, 0.25) is 0 Å². The van der Waals surface area contributed by atoms with Crippen molar-refractivity contribution in [3.8, 4) is 0 Å². The van der Waals surface area contributed by atoms with E-state index in [0.29, 0.717) is 11.8 Å². The Labute approximate surface area is 126 Å². The number of methoxy groups -OCH3 is 1. The molecule has 0 heterocycles. The van der Waals surface area contributed by atoms with E-state index >= 15 is 0 Å². The summed E-state index contributed by atoms with van der Waals surface area (Å²) in [6.07, 6.45) is 2.29. The highest BCUT2D eigenvalue weighted by atomic mass is 79.9. The van der Waals surface area contributed by atoms with Crippen LogP contribution in [-0.2, 0) is 9.53 Å². The molecular formula is C14H18BrNO2S. The smallest absolute Gasteiger partial charge is 0.326 e. The Morgan fingerprint density at radius 2 is 2.21 bits per heavy atom. The SMILES string of the molecule is COC(=O)C(C)(CSc1ccccc1Br)NC1CC1. The predicted octanol–water partition coefficient (Wildman–Crippen LogP) is 3.22. The van der Waals surface area contributed by atoms with Crippen LogP contribution >= 0.6 is 27.7 Å². The number of carbonyl (C=O) groups is 1. The number of halogens is 1. The third-order valence-electron chi connectivity index (χ3n) is 3.09. The lowest BCUT2D eigenvalue weighted by Crippen LogP contribution is -2.53. The van der Waals surface area contributed by atoms with E-state index in [0.717, 1.165) is 22.2 Å². The molecule has 0 radical (unpaired) electrons. The zero-order valence-corrected chi connectivity index (χ0v) is 13.5. The first-order valence-electron chi connectivity index (χ1n) is 6.28. The Morgan fingerprint density at radius 3 is 2.79 bits per heavy atom. The summed E-state index contributed by atoms with van der Waals surface area (Å²) in [5, 5.41) is 3.40. The van der Waals surface area contributed by atoms with Crippen molar-refractivity contribution in [3.05, 3.63) is 28.7 Å². The number of thioether (sulfide) groups is 1. The molecule has 0 spiro atoms. The van der Waals surface area contributed by atoms with E-state index in [1.807, 2.05) is 31.2 Å². The average Bonchev–Trinajstić information content (AvgIpc) is 3.20. The topological polar surface area (TPSA) is 38.3 Å². The molecule has 1 saturated carbocycles. The minimum Gasteiger partial charge on any atom is -0.468 e. The molecule has 19 heavy (non-hydrogen) atoms. The maximum Gasteiger partial charge on any atom is 0.326 e. The zero-order valence-electron chi connectivity index (χ0n) is 11.1. The van der Waals surface area contributed by atoms with Crippen molar-refractivity contribution >= 4 is 33.7 Å². The van der Waals surface area contributed by atoms with Crippen molar-refractivity contribution in [1.82, 2.24) is 5.32 Å². The van der Waals surface area contributed by atoms with Crippen LogP contribution in [0, 0.1) is 0 Å². The van der Waals surface area contributed by atoms with Crippen LogP contribution in [0.4, 0.5) is 0 Å². The lowest BCUT2D eigenvalue weighted by atomic mass is 10.1. The van der Waals surface area contributed by atoms with E-state index in [1.165, 1.54) is 7.11 Å². The molecule has 104 valence electrons. The molecule has 1 atom stereocenters. The van der Waals surface area contributed by atoms with Crippen molar-refractivity contribution < 1.29 is 9.53 Å². The lowest BCUT2D eigenvalue weighted by Gasteiger charge is -2.27. The van der Waals surface area contributed by atoms with Gasteiger partial charge in [0.25, 0.3) is 0 Å². The van der Waals surface area contributed by atoms with Crippen LogP contribution in [-0.4, -0.2) is 30.4 Å². The standard InChI is InChI=1S/C14H18BrNO2S/c1-14(13(17)18-2,16-10-7-8-10)9-19-12-6-4-3-5-11(12)15/h3-6,10,16H,7-9H2,1-2H3. The van der Waals surface area contributed by atoms with E-state index in [1.54, 1.807) is 11.8 Å². The van der Waals surface area contributed by atoms with Crippen molar-refractivity contribution in [3.63, 3.8) is 0 Å². The molecule has 1 aromatic rings. The van der Waals surface area contributed by atoms with Gasteiger partial charge in [-0.2, -0.15) is 0 Å². The molecule has 1 aromatic carbocycles. The molecule has 1 N–H and O–H groups in total. The summed E-state index contributed by atoms with van der Waals surface area (Å²) < 4.78 is 5.99. The molecule has 0 amide bonds. The van der Waals surface area contributed by atoms with Gasteiger partial charge >= 0.3 is 5.97 Å². The van der Waals surface area contributed by atoms with Gasteiger partial charge in [-0.1, -0.05) is 12.1 Å². The molecule has 1 aliphatic carbocycles. The molecule has 1 aliphatic rings. The minimum atomic E-state index is -0.629. The van der Waals surface area contributed by atoms with Crippen molar-refractivity contribution in [2.75, 3.05) is 12.9 Å². The van der Waals surface area contributed by atoms with Crippen LogP contribution in [0.3, 0.4) is 0 Å². The van der Waals surface area contributed by atoms with Crippen molar-refractivity contribution in [2.45, 2.75) is 36.2 Å². The fraction of sp³-hybridized carbons (Fsp3) is 0.500. The molecule has 0 saturated heterocycles. The zero-order chi connectivity index (χ0) is 13.9. The first-order chi connectivity index (χ1) is 9.05. The number of esters is 1. The van der Waals surface area contributed by atoms with Crippen LogP contribution in [0.1, 0.15) is 19.8 Å². The number of nitrogens with one attached hydrogen (secondary N) is 1. The highest BCUT2D eigenvalue weighted by Crippen LogP contribution is 2.31. The molecule has 3 nitrogen and oxygen atoms in total. The molecule has 1 unspecified atom stereocenters. The fourth-order valence-electron chi connectivity index (χ4n) is 1.85. The molecule has 0 aliphatic heterocycles. The average molecular weight is 344 g/mol. The van der Waals surface area contributed by atoms with Gasteiger partial charge < -0.3 is 4.74 Å². The van der Waals surface area contributed by atoms with Gasteiger partial charge in [0.05, 0.1) is 7.11 Å². The monoisotopic (exact) mass is 343 g/mol. The summed E-state index contributed by atoms with van der Waals surface area (Å²) in [7, 11) is 1.44. The van der Waals surface area contributed by atoms with Crippen molar-refractivity contribution in [2.24, 2.45) is 0 Å². The summed E-state index contributed by atoms with van der Waals surface area (Å²) in [5.74, 6) is 0.456. The largest absolute Gasteiger partial charge is 0.468 e. The predicted molar refractivity (Wildman–Crippen MR) is 81.4 cm³/mol. The number of carbonyl (C=O) groups excluding carboxylic acids is 1. The van der Waals surface area contributed by atoms with Crippen molar-refractivity contribution in [1.29, 1.82) is 0 Å². The first-order valence-corrected chi connectivity index (χ1v) is 8.06. The molecule has 0 aromatic heterocycles. The van der Waals surface area contributed by atoms with Gasteiger partial charge in [-0.05, 0) is 47.8 Å². The first kappa shape index (κ1) is 14.9. The number of ether oxygens (including phenoxy) is 1. The molecular weight excluding hydrogens is 326 g/mol. The Morgan fingerprint density at radius 1 is 1.53 bits per heavy atom. The second-order valence-corrected chi connectivity index (χ2v) is 6.83. The Hall–Kier alpha value is -0.520. The van der Waals surface area contributed by atoms with Gasteiger partial charge in [-0.15, -0.1) is 11.8 Å². The quantitative estimate of drug-likeness (QED) is 0.635. The van der Waals surface area contributed by atoms with Gasteiger partial charge in [-0.3, -0.25) is 10.1 Å². The Kier molecular flexibility index (Phi) is 4.92. The highest BCUT2D eigenvalue weighted by molar-refractivity contribution is 9.10.